The molecule has 1 fully saturated rings. The number of nitrogens with one attached hydrogen (secondary N) is 1. The molecule has 1 aliphatic rings. The predicted octanol–water partition coefficient (Wildman–Crippen LogP) is 0.755. The van der Waals surface area contributed by atoms with E-state index in [-0.39, 0.29) is 28.4 Å². The van der Waals surface area contributed by atoms with Crippen LogP contribution in [0.25, 0.3) is 11.1 Å². The quantitative estimate of drug-likeness (QED) is 0.811. The largest absolute Gasteiger partial charge is 0.384 e. The van der Waals surface area contributed by atoms with Gasteiger partial charge in [-0.05, 0) is 18.7 Å². The summed E-state index contributed by atoms with van der Waals surface area (Å²) in [6, 6.07) is 10.4. The molecular formula is C19H18N6O2. The number of pyridine rings is 1. The number of piperazine rings is 1. The fraction of sp³-hybridized carbons (Fsp3) is 0.263. The van der Waals surface area contributed by atoms with Crippen LogP contribution in [0.3, 0.4) is 0 Å². The molecule has 8 heteroatoms. The number of hydrogen-bond acceptors (Lipinski definition) is 6. The maximum Gasteiger partial charge on any atom is 0.268 e. The number of anilines is 1. The van der Waals surface area contributed by atoms with Gasteiger partial charge in [0.2, 0.25) is 0 Å². The number of H-pyrrole nitrogens is 1. The van der Waals surface area contributed by atoms with E-state index < -0.39 is 5.56 Å². The number of nitrogen functional groups attached to an aromatic ring is 1. The Bertz CT molecular complexity index is 1040. The van der Waals surface area contributed by atoms with Gasteiger partial charge in [-0.25, -0.2) is 0 Å². The van der Waals surface area contributed by atoms with Crippen LogP contribution in [-0.4, -0.2) is 53.9 Å². The van der Waals surface area contributed by atoms with Gasteiger partial charge in [-0.1, -0.05) is 18.2 Å². The summed E-state index contributed by atoms with van der Waals surface area (Å²) in [4.78, 5) is 31.5. The van der Waals surface area contributed by atoms with Gasteiger partial charge in [0.05, 0.1) is 0 Å². The number of rotatable bonds is 2. The molecule has 0 aliphatic carbocycles. The van der Waals surface area contributed by atoms with E-state index in [1.165, 1.54) is 0 Å². The fourth-order valence-corrected chi connectivity index (χ4v) is 3.18. The van der Waals surface area contributed by atoms with E-state index in [1.54, 1.807) is 29.2 Å². The first-order chi connectivity index (χ1) is 13.0. The Labute approximate surface area is 156 Å². The molecule has 3 rings (SSSR count). The van der Waals surface area contributed by atoms with Crippen molar-refractivity contribution in [2.24, 2.45) is 0 Å². The summed E-state index contributed by atoms with van der Waals surface area (Å²) in [5, 5.41) is 19.0. The van der Waals surface area contributed by atoms with Crippen LogP contribution in [0.15, 0.2) is 29.1 Å². The number of amides is 1. The normalized spacial score (nSPS) is 14.4. The first kappa shape index (κ1) is 18.2. The molecule has 136 valence electrons. The summed E-state index contributed by atoms with van der Waals surface area (Å²) in [5.41, 5.74) is 5.62. The number of aromatic amines is 1. The molecule has 0 radical (unpaired) electrons. The number of nitrogens with two attached hydrogens (primary N) is 1. The smallest absolute Gasteiger partial charge is 0.268 e. The van der Waals surface area contributed by atoms with Gasteiger partial charge in [-0.3, -0.25) is 9.59 Å². The van der Waals surface area contributed by atoms with E-state index in [2.05, 4.69) is 9.88 Å². The third kappa shape index (κ3) is 3.26. The zero-order valence-corrected chi connectivity index (χ0v) is 14.8. The average Bonchev–Trinajstić information content (AvgIpc) is 2.67. The second kappa shape index (κ2) is 7.32. The monoisotopic (exact) mass is 362 g/mol. The Morgan fingerprint density at radius 1 is 1.11 bits per heavy atom. The summed E-state index contributed by atoms with van der Waals surface area (Å²) in [5.74, 6) is -0.330. The summed E-state index contributed by atoms with van der Waals surface area (Å²) >= 11 is 0. The first-order valence-electron chi connectivity index (χ1n) is 8.41. The lowest BCUT2D eigenvalue weighted by Crippen LogP contribution is -2.47. The number of aromatic nitrogens is 1. The Balaban J connectivity index is 2.19. The Hall–Kier alpha value is -3.62. The van der Waals surface area contributed by atoms with Crippen molar-refractivity contribution in [3.63, 3.8) is 0 Å². The third-order valence-electron chi connectivity index (χ3n) is 4.69. The lowest BCUT2D eigenvalue weighted by atomic mass is 9.92. The van der Waals surface area contributed by atoms with E-state index in [1.807, 2.05) is 19.2 Å². The van der Waals surface area contributed by atoms with Crippen molar-refractivity contribution in [3.8, 4) is 23.3 Å². The number of benzene rings is 1. The highest BCUT2D eigenvalue weighted by molar-refractivity contribution is 6.02. The zero-order valence-electron chi connectivity index (χ0n) is 14.8. The highest BCUT2D eigenvalue weighted by atomic mass is 16.2. The summed E-state index contributed by atoms with van der Waals surface area (Å²) in [6.45, 7) is 2.69. The fourth-order valence-electron chi connectivity index (χ4n) is 3.18. The van der Waals surface area contributed by atoms with Gasteiger partial charge in [0.15, 0.2) is 0 Å². The lowest BCUT2D eigenvalue weighted by molar-refractivity contribution is 0.0665. The SMILES string of the molecule is CN1CCN(C(=O)c2ccccc2-c2c(C#N)c(N)[nH]c(=O)c2C#N)CC1. The number of nitriles is 2. The van der Waals surface area contributed by atoms with Crippen molar-refractivity contribution < 1.29 is 4.79 Å². The molecule has 1 aliphatic heterocycles. The van der Waals surface area contributed by atoms with E-state index in [4.69, 9.17) is 5.73 Å². The molecule has 2 aromatic rings. The van der Waals surface area contributed by atoms with Crippen LogP contribution in [0.5, 0.6) is 0 Å². The predicted molar refractivity (Wildman–Crippen MR) is 99.7 cm³/mol. The first-order valence-corrected chi connectivity index (χ1v) is 8.41. The van der Waals surface area contributed by atoms with Crippen molar-refractivity contribution in [3.05, 3.63) is 51.3 Å². The van der Waals surface area contributed by atoms with E-state index >= 15 is 0 Å². The minimum atomic E-state index is -0.689. The molecule has 0 atom stereocenters. The minimum absolute atomic E-state index is 0.0234. The standard InChI is InChI=1S/C19H18N6O2/c1-24-6-8-25(9-7-24)19(27)13-5-3-2-4-12(13)16-14(10-20)17(22)23-18(26)15(16)11-21/h2-5H,6-9H2,1H3,(H3,22,23,26). The Morgan fingerprint density at radius 2 is 1.74 bits per heavy atom. The summed E-state index contributed by atoms with van der Waals surface area (Å²) in [6.07, 6.45) is 0. The molecule has 3 N–H and O–H groups in total. The van der Waals surface area contributed by atoms with Crippen molar-refractivity contribution >= 4 is 11.7 Å². The van der Waals surface area contributed by atoms with Gasteiger partial charge < -0.3 is 20.5 Å². The van der Waals surface area contributed by atoms with Gasteiger partial charge in [-0.2, -0.15) is 10.5 Å². The zero-order chi connectivity index (χ0) is 19.6. The molecule has 0 unspecified atom stereocenters. The molecule has 27 heavy (non-hydrogen) atoms. The van der Waals surface area contributed by atoms with E-state index in [0.29, 0.717) is 24.2 Å². The van der Waals surface area contributed by atoms with Crippen LogP contribution in [0.4, 0.5) is 5.82 Å². The van der Waals surface area contributed by atoms with Crippen molar-refractivity contribution in [1.29, 1.82) is 10.5 Å². The highest BCUT2D eigenvalue weighted by Crippen LogP contribution is 2.31. The van der Waals surface area contributed by atoms with Crippen LogP contribution in [0, 0.1) is 22.7 Å². The van der Waals surface area contributed by atoms with Crippen LogP contribution < -0.4 is 11.3 Å². The molecule has 0 spiro atoms. The van der Waals surface area contributed by atoms with Gasteiger partial charge in [0, 0.05) is 37.3 Å². The molecule has 1 amide bonds. The van der Waals surface area contributed by atoms with Gasteiger partial charge in [0.1, 0.15) is 29.1 Å². The summed E-state index contributed by atoms with van der Waals surface area (Å²) in [7, 11) is 1.99. The minimum Gasteiger partial charge on any atom is -0.384 e. The molecule has 1 saturated heterocycles. The third-order valence-corrected chi connectivity index (χ3v) is 4.69. The maximum absolute atomic E-state index is 13.1. The van der Waals surface area contributed by atoms with Crippen LogP contribution >= 0.6 is 0 Å². The Morgan fingerprint density at radius 3 is 2.37 bits per heavy atom. The highest BCUT2D eigenvalue weighted by Gasteiger charge is 2.26. The summed E-state index contributed by atoms with van der Waals surface area (Å²) < 4.78 is 0. The van der Waals surface area contributed by atoms with E-state index in [9.17, 15) is 20.1 Å². The molecule has 8 nitrogen and oxygen atoms in total. The van der Waals surface area contributed by atoms with Gasteiger partial charge in [-0.15, -0.1) is 0 Å². The number of carbonyl (C=O) groups excluding carboxylic acids is 1. The molecular weight excluding hydrogens is 344 g/mol. The van der Waals surface area contributed by atoms with Gasteiger partial charge in [0.25, 0.3) is 11.5 Å². The number of hydrogen-bond donors (Lipinski definition) is 2. The maximum atomic E-state index is 13.1. The van der Waals surface area contributed by atoms with Crippen molar-refractivity contribution in [2.45, 2.75) is 0 Å². The molecule has 1 aromatic heterocycles. The molecule has 2 heterocycles. The number of likely N-dealkylation sites (N-methyl/N-ethyl adjacent to an activating group) is 1. The van der Waals surface area contributed by atoms with Crippen LogP contribution in [-0.2, 0) is 0 Å². The van der Waals surface area contributed by atoms with Gasteiger partial charge >= 0.3 is 0 Å². The second-order valence-corrected chi connectivity index (χ2v) is 6.36. The molecule has 1 aromatic carbocycles. The van der Waals surface area contributed by atoms with Crippen molar-refractivity contribution in [1.82, 2.24) is 14.8 Å². The average molecular weight is 362 g/mol. The number of nitrogens with zero attached hydrogens (tertiary/aromatic N) is 4. The van der Waals surface area contributed by atoms with Crippen LogP contribution in [0.2, 0.25) is 0 Å². The molecule has 0 bridgehead atoms. The van der Waals surface area contributed by atoms with E-state index in [0.717, 1.165) is 13.1 Å². The topological polar surface area (TPSA) is 130 Å². The lowest BCUT2D eigenvalue weighted by Gasteiger charge is -2.33. The van der Waals surface area contributed by atoms with Crippen molar-refractivity contribution in [2.75, 3.05) is 39.0 Å². The Kier molecular flexibility index (Phi) is 4.93. The number of carbonyl (C=O) groups is 1. The molecule has 0 saturated carbocycles. The van der Waals surface area contributed by atoms with Crippen LogP contribution in [0.1, 0.15) is 21.5 Å². The second-order valence-electron chi connectivity index (χ2n) is 6.36.